The van der Waals surface area contributed by atoms with Crippen molar-refractivity contribution in [2.24, 2.45) is 0 Å². The van der Waals surface area contributed by atoms with Gasteiger partial charge < -0.3 is 10.1 Å². The number of benzene rings is 1. The van der Waals surface area contributed by atoms with Gasteiger partial charge in [-0.3, -0.25) is 0 Å². The Morgan fingerprint density at radius 1 is 1.53 bits per heavy atom. The van der Waals surface area contributed by atoms with Crippen LogP contribution in [0.15, 0.2) is 24.3 Å². The molecule has 1 aromatic carbocycles. The van der Waals surface area contributed by atoms with Crippen LogP contribution in [0.1, 0.15) is 6.42 Å². The molecule has 0 bridgehead atoms. The quantitative estimate of drug-likeness (QED) is 0.809. The lowest BCUT2D eigenvalue weighted by Gasteiger charge is -2.17. The molecule has 0 saturated heterocycles. The second-order valence-electron chi connectivity index (χ2n) is 3.48. The van der Waals surface area contributed by atoms with Gasteiger partial charge in [-0.2, -0.15) is 11.8 Å². The molecule has 0 aromatic heterocycles. The molecule has 0 aliphatic carbocycles. The third-order valence-electron chi connectivity index (χ3n) is 2.30. The molecule has 0 heterocycles. The van der Waals surface area contributed by atoms with Crippen molar-refractivity contribution >= 4 is 35.0 Å². The van der Waals surface area contributed by atoms with Gasteiger partial charge in [0.15, 0.2) is 0 Å². The van der Waals surface area contributed by atoms with E-state index in [1.54, 1.807) is 17.8 Å². The van der Waals surface area contributed by atoms with Crippen molar-refractivity contribution in [1.29, 1.82) is 0 Å². The van der Waals surface area contributed by atoms with E-state index in [4.69, 9.17) is 16.3 Å². The van der Waals surface area contributed by atoms with E-state index in [1.807, 2.05) is 24.5 Å². The summed E-state index contributed by atoms with van der Waals surface area (Å²) < 4.78 is 4.77. The fraction of sp³-hybridized carbons (Fsp3) is 0.417. The van der Waals surface area contributed by atoms with Gasteiger partial charge in [0, 0.05) is 0 Å². The Balaban J connectivity index is 2.72. The van der Waals surface area contributed by atoms with Crippen LogP contribution in [0.4, 0.5) is 5.69 Å². The van der Waals surface area contributed by atoms with Gasteiger partial charge >= 0.3 is 5.97 Å². The first-order valence-corrected chi connectivity index (χ1v) is 7.04. The number of anilines is 1. The summed E-state index contributed by atoms with van der Waals surface area (Å²) in [5.41, 5.74) is 0.755. The van der Waals surface area contributed by atoms with Crippen LogP contribution in [0.25, 0.3) is 0 Å². The number of carbonyl (C=O) groups excluding carboxylic acids is 1. The van der Waals surface area contributed by atoms with Crippen molar-refractivity contribution < 1.29 is 9.53 Å². The highest BCUT2D eigenvalue weighted by Crippen LogP contribution is 2.22. The number of hydrogen-bond acceptors (Lipinski definition) is 4. The van der Waals surface area contributed by atoms with Gasteiger partial charge in [-0.1, -0.05) is 23.7 Å². The van der Waals surface area contributed by atoms with Crippen molar-refractivity contribution in [1.82, 2.24) is 0 Å². The van der Waals surface area contributed by atoms with E-state index in [1.165, 1.54) is 7.11 Å². The predicted octanol–water partition coefficient (Wildman–Crippen LogP) is 3.05. The summed E-state index contributed by atoms with van der Waals surface area (Å²) in [4.78, 5) is 11.6. The fourth-order valence-corrected chi connectivity index (χ4v) is 2.05. The van der Waals surface area contributed by atoms with Crippen LogP contribution in [0.3, 0.4) is 0 Å². The normalized spacial score (nSPS) is 11.9. The van der Waals surface area contributed by atoms with E-state index in [2.05, 4.69) is 5.32 Å². The molecule has 1 rings (SSSR count). The molecule has 1 aromatic rings. The molecule has 17 heavy (non-hydrogen) atoms. The number of ether oxygens (including phenoxy) is 1. The monoisotopic (exact) mass is 273 g/mol. The minimum absolute atomic E-state index is 0.265. The first-order chi connectivity index (χ1) is 8.19. The highest BCUT2D eigenvalue weighted by atomic mass is 35.5. The summed E-state index contributed by atoms with van der Waals surface area (Å²) >= 11 is 7.72. The van der Waals surface area contributed by atoms with Gasteiger partial charge in [0.2, 0.25) is 0 Å². The van der Waals surface area contributed by atoms with Crippen LogP contribution in [0, 0.1) is 0 Å². The summed E-state index contributed by atoms with van der Waals surface area (Å²) in [5, 5.41) is 3.72. The Labute approximate surface area is 111 Å². The molecule has 0 aliphatic heterocycles. The largest absolute Gasteiger partial charge is 0.467 e. The molecule has 0 fully saturated rings. The van der Waals surface area contributed by atoms with E-state index in [-0.39, 0.29) is 12.0 Å². The fourth-order valence-electron chi connectivity index (χ4n) is 1.39. The molecule has 1 unspecified atom stereocenters. The molecular formula is C12H16ClNO2S. The molecule has 0 saturated carbocycles. The smallest absolute Gasteiger partial charge is 0.328 e. The average Bonchev–Trinajstić information content (AvgIpc) is 2.35. The van der Waals surface area contributed by atoms with Crippen molar-refractivity contribution in [3.8, 4) is 0 Å². The molecular weight excluding hydrogens is 258 g/mol. The molecule has 0 radical (unpaired) electrons. The van der Waals surface area contributed by atoms with E-state index >= 15 is 0 Å². The van der Waals surface area contributed by atoms with E-state index < -0.39 is 0 Å². The minimum atomic E-state index is -0.354. The van der Waals surface area contributed by atoms with Crippen molar-refractivity contribution in [3.63, 3.8) is 0 Å². The summed E-state index contributed by atoms with van der Waals surface area (Å²) in [6.45, 7) is 0. The zero-order chi connectivity index (χ0) is 12.7. The number of rotatable bonds is 6. The average molecular weight is 274 g/mol. The Kier molecular flexibility index (Phi) is 6.22. The number of carbonyl (C=O) groups is 1. The van der Waals surface area contributed by atoms with Crippen LogP contribution in [0.2, 0.25) is 5.02 Å². The Morgan fingerprint density at radius 3 is 2.82 bits per heavy atom. The lowest BCUT2D eigenvalue weighted by atomic mass is 10.2. The van der Waals surface area contributed by atoms with Crippen LogP contribution in [-0.4, -0.2) is 31.1 Å². The van der Waals surface area contributed by atoms with E-state index in [0.717, 1.165) is 11.4 Å². The zero-order valence-electron chi connectivity index (χ0n) is 9.90. The van der Waals surface area contributed by atoms with Crippen molar-refractivity contribution in [2.45, 2.75) is 12.5 Å². The molecule has 3 nitrogen and oxygen atoms in total. The van der Waals surface area contributed by atoms with Gasteiger partial charge in [0.1, 0.15) is 6.04 Å². The van der Waals surface area contributed by atoms with Crippen LogP contribution in [-0.2, 0) is 9.53 Å². The second-order valence-corrected chi connectivity index (χ2v) is 4.87. The van der Waals surface area contributed by atoms with Crippen LogP contribution >= 0.6 is 23.4 Å². The van der Waals surface area contributed by atoms with E-state index in [0.29, 0.717) is 11.4 Å². The molecule has 5 heteroatoms. The SMILES string of the molecule is COC(=O)C(CCSC)Nc1ccccc1Cl. The number of esters is 1. The predicted molar refractivity (Wildman–Crippen MR) is 73.9 cm³/mol. The number of thioether (sulfide) groups is 1. The van der Waals surface area contributed by atoms with Crippen molar-refractivity contribution in [2.75, 3.05) is 24.4 Å². The molecule has 0 spiro atoms. The highest BCUT2D eigenvalue weighted by molar-refractivity contribution is 7.98. The molecule has 0 aliphatic rings. The number of methoxy groups -OCH3 is 1. The maximum Gasteiger partial charge on any atom is 0.328 e. The van der Waals surface area contributed by atoms with Crippen molar-refractivity contribution in [3.05, 3.63) is 29.3 Å². The lowest BCUT2D eigenvalue weighted by molar-refractivity contribution is -0.141. The number of hydrogen-bond donors (Lipinski definition) is 1. The van der Waals surface area contributed by atoms with Gasteiger partial charge in [0.05, 0.1) is 17.8 Å². The lowest BCUT2D eigenvalue weighted by Crippen LogP contribution is -2.31. The minimum Gasteiger partial charge on any atom is -0.467 e. The molecule has 0 amide bonds. The topological polar surface area (TPSA) is 38.3 Å². The third kappa shape index (κ3) is 4.48. The summed E-state index contributed by atoms with van der Waals surface area (Å²) in [6, 6.07) is 7.00. The standard InChI is InChI=1S/C12H16ClNO2S/c1-16-12(15)11(7-8-17-2)14-10-6-4-3-5-9(10)13/h3-6,11,14H,7-8H2,1-2H3. The summed E-state index contributed by atoms with van der Waals surface area (Å²) in [5.74, 6) is 0.621. The Morgan fingerprint density at radius 2 is 2.24 bits per heavy atom. The number of halogens is 1. The first-order valence-electron chi connectivity index (χ1n) is 5.27. The first kappa shape index (κ1) is 14.2. The molecule has 1 atom stereocenters. The van der Waals surface area contributed by atoms with Gasteiger partial charge in [-0.05, 0) is 30.6 Å². The Bertz CT molecular complexity index is 373. The zero-order valence-corrected chi connectivity index (χ0v) is 11.5. The number of nitrogens with one attached hydrogen (secondary N) is 1. The van der Waals surface area contributed by atoms with Gasteiger partial charge in [-0.25, -0.2) is 4.79 Å². The second kappa shape index (κ2) is 7.45. The van der Waals surface area contributed by atoms with Gasteiger partial charge in [0.25, 0.3) is 0 Å². The van der Waals surface area contributed by atoms with E-state index in [9.17, 15) is 4.79 Å². The Hall–Kier alpha value is -0.870. The molecule has 1 N–H and O–H groups in total. The third-order valence-corrected chi connectivity index (χ3v) is 3.27. The van der Waals surface area contributed by atoms with Crippen LogP contribution in [0.5, 0.6) is 0 Å². The maximum absolute atomic E-state index is 11.6. The highest BCUT2D eigenvalue weighted by Gasteiger charge is 2.19. The maximum atomic E-state index is 11.6. The summed E-state index contributed by atoms with van der Waals surface area (Å²) in [7, 11) is 1.39. The molecule has 94 valence electrons. The van der Waals surface area contributed by atoms with Crippen LogP contribution < -0.4 is 5.32 Å². The van der Waals surface area contributed by atoms with Gasteiger partial charge in [-0.15, -0.1) is 0 Å². The number of para-hydroxylation sites is 1. The summed E-state index contributed by atoms with van der Waals surface area (Å²) in [6.07, 6.45) is 2.71.